The smallest absolute Gasteiger partial charge is 0.388 e. The molecule has 0 bridgehead atoms. The molecule has 0 saturated heterocycles. The Morgan fingerprint density at radius 1 is 1.57 bits per heavy atom. The molecule has 0 atom stereocenters. The Bertz CT molecular complexity index is 311. The molecule has 0 aromatic carbocycles. The van der Waals surface area contributed by atoms with E-state index in [1.165, 1.54) is 18.3 Å². The predicted octanol–water partition coefficient (Wildman–Crippen LogP) is 2.28. The van der Waals surface area contributed by atoms with Crippen molar-refractivity contribution in [1.29, 1.82) is 0 Å². The van der Waals surface area contributed by atoms with E-state index in [2.05, 4.69) is 9.72 Å². The molecule has 0 amide bonds. The molecule has 5 heteroatoms. The third-order valence-electron chi connectivity index (χ3n) is 1.59. The SMILES string of the molecule is CCC(=O)c1ccc(OC(F)F)nc1. The third-order valence-corrected chi connectivity index (χ3v) is 1.59. The fourth-order valence-corrected chi connectivity index (χ4v) is 0.910. The van der Waals surface area contributed by atoms with Crippen LogP contribution in [0.4, 0.5) is 8.78 Å². The average Bonchev–Trinajstić information content (AvgIpc) is 2.17. The molecule has 14 heavy (non-hydrogen) atoms. The molecule has 0 fully saturated rings. The van der Waals surface area contributed by atoms with Crippen molar-refractivity contribution >= 4 is 5.78 Å². The summed E-state index contributed by atoms with van der Waals surface area (Å²) < 4.78 is 27.5. The summed E-state index contributed by atoms with van der Waals surface area (Å²) in [4.78, 5) is 14.7. The molecular formula is C9H9F2NO2. The lowest BCUT2D eigenvalue weighted by atomic mass is 10.1. The zero-order valence-electron chi connectivity index (χ0n) is 7.54. The number of hydrogen-bond donors (Lipinski definition) is 0. The molecule has 0 aliphatic heterocycles. The molecule has 0 radical (unpaired) electrons. The molecule has 1 rings (SSSR count). The number of carbonyl (C=O) groups is 1. The topological polar surface area (TPSA) is 39.2 Å². The number of halogens is 2. The van der Waals surface area contributed by atoms with Gasteiger partial charge in [-0.15, -0.1) is 0 Å². The molecule has 1 aromatic rings. The minimum atomic E-state index is -2.89. The number of carbonyl (C=O) groups excluding carboxylic acids is 1. The highest BCUT2D eigenvalue weighted by Gasteiger charge is 2.07. The van der Waals surface area contributed by atoms with Crippen LogP contribution in [0, 0.1) is 0 Å². The van der Waals surface area contributed by atoms with E-state index in [9.17, 15) is 13.6 Å². The summed E-state index contributed by atoms with van der Waals surface area (Å²) in [5.41, 5.74) is 0.397. The number of rotatable bonds is 4. The Labute approximate surface area is 79.7 Å². The first-order valence-corrected chi connectivity index (χ1v) is 4.07. The maximum atomic E-state index is 11.7. The van der Waals surface area contributed by atoms with Crippen LogP contribution in [0.1, 0.15) is 23.7 Å². The molecular weight excluding hydrogens is 192 g/mol. The summed E-state index contributed by atoms with van der Waals surface area (Å²) in [5.74, 6) is -0.270. The Morgan fingerprint density at radius 3 is 2.71 bits per heavy atom. The summed E-state index contributed by atoms with van der Waals surface area (Å²) in [7, 11) is 0. The van der Waals surface area contributed by atoms with Crippen LogP contribution in [0.25, 0.3) is 0 Å². The van der Waals surface area contributed by atoms with Crippen molar-refractivity contribution < 1.29 is 18.3 Å². The van der Waals surface area contributed by atoms with Gasteiger partial charge in [0.05, 0.1) is 0 Å². The van der Waals surface area contributed by atoms with Gasteiger partial charge in [-0.05, 0) is 6.07 Å². The summed E-state index contributed by atoms with van der Waals surface area (Å²) in [5, 5.41) is 0. The van der Waals surface area contributed by atoms with E-state index in [1.54, 1.807) is 6.92 Å². The maximum absolute atomic E-state index is 11.7. The van der Waals surface area contributed by atoms with E-state index < -0.39 is 6.61 Å². The second kappa shape index (κ2) is 4.64. The molecule has 1 aromatic heterocycles. The summed E-state index contributed by atoms with van der Waals surface area (Å²) in [6.45, 7) is -1.18. The number of pyridine rings is 1. The zero-order chi connectivity index (χ0) is 10.6. The molecule has 0 aliphatic rings. The van der Waals surface area contributed by atoms with E-state index in [1.807, 2.05) is 0 Å². The molecule has 1 heterocycles. The van der Waals surface area contributed by atoms with Crippen molar-refractivity contribution in [3.05, 3.63) is 23.9 Å². The molecule has 0 unspecified atom stereocenters. The van der Waals surface area contributed by atoms with Gasteiger partial charge in [-0.2, -0.15) is 8.78 Å². The minimum Gasteiger partial charge on any atom is -0.417 e. The quantitative estimate of drug-likeness (QED) is 0.701. The zero-order valence-corrected chi connectivity index (χ0v) is 7.54. The molecule has 0 saturated carbocycles. The van der Waals surface area contributed by atoms with E-state index >= 15 is 0 Å². The van der Waals surface area contributed by atoms with Crippen LogP contribution in [-0.2, 0) is 0 Å². The summed E-state index contributed by atoms with van der Waals surface area (Å²) >= 11 is 0. The Morgan fingerprint density at radius 2 is 2.29 bits per heavy atom. The summed E-state index contributed by atoms with van der Waals surface area (Å²) in [6.07, 6.45) is 1.58. The van der Waals surface area contributed by atoms with Crippen molar-refractivity contribution in [3.63, 3.8) is 0 Å². The van der Waals surface area contributed by atoms with Gasteiger partial charge in [0.25, 0.3) is 0 Å². The largest absolute Gasteiger partial charge is 0.417 e. The first-order chi connectivity index (χ1) is 6.63. The number of Topliss-reactive ketones (excluding diaryl/α,β-unsaturated/α-hetero) is 1. The monoisotopic (exact) mass is 201 g/mol. The highest BCUT2D eigenvalue weighted by molar-refractivity contribution is 5.95. The lowest BCUT2D eigenvalue weighted by Gasteiger charge is -2.03. The average molecular weight is 201 g/mol. The van der Waals surface area contributed by atoms with Crippen molar-refractivity contribution in [2.75, 3.05) is 0 Å². The van der Waals surface area contributed by atoms with Crippen molar-refractivity contribution in [1.82, 2.24) is 4.98 Å². The van der Waals surface area contributed by atoms with Gasteiger partial charge in [-0.25, -0.2) is 4.98 Å². The van der Waals surface area contributed by atoms with Gasteiger partial charge in [0.15, 0.2) is 5.78 Å². The molecule has 0 N–H and O–H groups in total. The minimum absolute atomic E-state index is 0.0823. The van der Waals surface area contributed by atoms with Gasteiger partial charge in [-0.3, -0.25) is 4.79 Å². The van der Waals surface area contributed by atoms with Crippen LogP contribution in [-0.4, -0.2) is 17.4 Å². The first-order valence-electron chi connectivity index (χ1n) is 4.07. The van der Waals surface area contributed by atoms with Crippen LogP contribution in [0.5, 0.6) is 5.88 Å². The standard InChI is InChI=1S/C9H9F2NO2/c1-2-7(13)6-3-4-8(12-5-6)14-9(10)11/h3-5,9H,2H2,1H3. The first kappa shape index (κ1) is 10.6. The van der Waals surface area contributed by atoms with Gasteiger partial charge < -0.3 is 4.74 Å². The van der Waals surface area contributed by atoms with Gasteiger partial charge in [0.2, 0.25) is 5.88 Å². The highest BCUT2D eigenvalue weighted by Crippen LogP contribution is 2.11. The highest BCUT2D eigenvalue weighted by atomic mass is 19.3. The van der Waals surface area contributed by atoms with Crippen molar-refractivity contribution in [2.24, 2.45) is 0 Å². The number of alkyl halides is 2. The van der Waals surface area contributed by atoms with Crippen LogP contribution in [0.15, 0.2) is 18.3 Å². The van der Waals surface area contributed by atoms with Gasteiger partial charge in [-0.1, -0.05) is 6.92 Å². The van der Waals surface area contributed by atoms with E-state index in [0.29, 0.717) is 12.0 Å². The summed E-state index contributed by atoms with van der Waals surface area (Å²) in [6, 6.07) is 2.66. The van der Waals surface area contributed by atoms with Gasteiger partial charge in [0.1, 0.15) is 0 Å². The van der Waals surface area contributed by atoms with E-state index in [-0.39, 0.29) is 11.7 Å². The number of aromatic nitrogens is 1. The second-order valence-corrected chi connectivity index (χ2v) is 2.54. The van der Waals surface area contributed by atoms with Gasteiger partial charge in [0, 0.05) is 24.2 Å². The molecule has 0 spiro atoms. The number of nitrogens with zero attached hydrogens (tertiary/aromatic N) is 1. The maximum Gasteiger partial charge on any atom is 0.388 e. The van der Waals surface area contributed by atoms with Crippen LogP contribution < -0.4 is 4.74 Å². The molecule has 3 nitrogen and oxygen atoms in total. The normalized spacial score (nSPS) is 10.3. The lowest BCUT2D eigenvalue weighted by Crippen LogP contribution is -2.04. The van der Waals surface area contributed by atoms with Crippen LogP contribution in [0.3, 0.4) is 0 Å². The van der Waals surface area contributed by atoms with Crippen LogP contribution >= 0.6 is 0 Å². The molecule has 0 aliphatic carbocycles. The van der Waals surface area contributed by atoms with Crippen molar-refractivity contribution in [3.8, 4) is 5.88 Å². The number of ether oxygens (including phenoxy) is 1. The Kier molecular flexibility index (Phi) is 3.50. The molecule has 76 valence electrons. The lowest BCUT2D eigenvalue weighted by molar-refractivity contribution is -0.0528. The Hall–Kier alpha value is -1.52. The fourth-order valence-electron chi connectivity index (χ4n) is 0.910. The second-order valence-electron chi connectivity index (χ2n) is 2.54. The predicted molar refractivity (Wildman–Crippen MR) is 45.5 cm³/mol. The van der Waals surface area contributed by atoms with Crippen LogP contribution in [0.2, 0.25) is 0 Å². The van der Waals surface area contributed by atoms with Gasteiger partial charge >= 0.3 is 6.61 Å². The Balaban J connectivity index is 2.73. The fraction of sp³-hybridized carbons (Fsp3) is 0.333. The number of ketones is 1. The number of hydrogen-bond acceptors (Lipinski definition) is 3. The van der Waals surface area contributed by atoms with E-state index in [0.717, 1.165) is 0 Å². The van der Waals surface area contributed by atoms with Crippen molar-refractivity contribution in [2.45, 2.75) is 20.0 Å². The third kappa shape index (κ3) is 2.76. The van der Waals surface area contributed by atoms with E-state index in [4.69, 9.17) is 0 Å².